The minimum Gasteiger partial charge on any atom is -0.493 e. The van der Waals surface area contributed by atoms with E-state index in [4.69, 9.17) is 9.47 Å². The molecule has 0 atom stereocenters. The Hall–Kier alpha value is -3.34. The van der Waals surface area contributed by atoms with Crippen LogP contribution >= 0.6 is 11.7 Å². The quantitative estimate of drug-likeness (QED) is 0.599. The Bertz CT molecular complexity index is 1010. The smallest absolute Gasteiger partial charge is 0.387 e. The highest BCUT2D eigenvalue weighted by Gasteiger charge is 2.16. The molecule has 0 fully saturated rings. The molecule has 11 heteroatoms. The molecule has 0 unspecified atom stereocenters. The Balaban J connectivity index is 1.62. The van der Waals surface area contributed by atoms with Gasteiger partial charge in [0.25, 0.3) is 5.91 Å². The van der Waals surface area contributed by atoms with Crippen molar-refractivity contribution < 1.29 is 32.6 Å². The molecular weight excluding hydrogens is 396 g/mol. The van der Waals surface area contributed by atoms with Gasteiger partial charge in [0.15, 0.2) is 18.1 Å². The number of rotatable bonds is 7. The van der Waals surface area contributed by atoms with Crippen molar-refractivity contribution in [2.75, 3.05) is 19.0 Å². The number of carbonyl (C=O) groups is 2. The van der Waals surface area contributed by atoms with Gasteiger partial charge in [-0.25, -0.2) is 4.79 Å². The van der Waals surface area contributed by atoms with E-state index in [1.54, 1.807) is 18.2 Å². The third-order valence-corrected chi connectivity index (χ3v) is 4.05. The van der Waals surface area contributed by atoms with Crippen molar-refractivity contribution in [2.24, 2.45) is 0 Å². The molecule has 146 valence electrons. The number of halogens is 2. The van der Waals surface area contributed by atoms with E-state index in [2.05, 4.69) is 18.8 Å². The van der Waals surface area contributed by atoms with E-state index in [9.17, 15) is 18.4 Å². The highest BCUT2D eigenvalue weighted by molar-refractivity contribution is 7.00. The van der Waals surface area contributed by atoms with E-state index in [-0.39, 0.29) is 17.1 Å². The molecule has 0 saturated heterocycles. The van der Waals surface area contributed by atoms with Crippen LogP contribution < -0.4 is 14.8 Å². The van der Waals surface area contributed by atoms with Crippen LogP contribution in [-0.2, 0) is 9.53 Å². The zero-order valence-electron chi connectivity index (χ0n) is 14.3. The SMILES string of the molecule is COc1cc(C(=O)OCC(=O)Nc2cccc3nsnc23)ccc1OC(F)F. The molecule has 2 aromatic carbocycles. The fourth-order valence-electron chi connectivity index (χ4n) is 2.30. The molecule has 0 aliphatic heterocycles. The number of nitrogens with zero attached hydrogens (tertiary/aromatic N) is 2. The molecule has 0 aliphatic rings. The molecule has 0 aliphatic carbocycles. The number of hydrogen-bond donors (Lipinski definition) is 1. The maximum atomic E-state index is 12.3. The topological polar surface area (TPSA) is 99.6 Å². The summed E-state index contributed by atoms with van der Waals surface area (Å²) in [6.07, 6.45) is 0. The summed E-state index contributed by atoms with van der Waals surface area (Å²) in [6.45, 7) is -3.59. The van der Waals surface area contributed by atoms with Gasteiger partial charge in [0.05, 0.1) is 30.1 Å². The van der Waals surface area contributed by atoms with Crippen molar-refractivity contribution >= 4 is 40.3 Å². The van der Waals surface area contributed by atoms with Crippen LogP contribution in [-0.4, -0.2) is 41.0 Å². The van der Waals surface area contributed by atoms with Gasteiger partial charge in [-0.3, -0.25) is 4.79 Å². The molecule has 3 rings (SSSR count). The fraction of sp³-hybridized carbons (Fsp3) is 0.176. The first-order valence-electron chi connectivity index (χ1n) is 7.79. The minimum atomic E-state index is -3.03. The van der Waals surface area contributed by atoms with Crippen molar-refractivity contribution in [1.29, 1.82) is 0 Å². The van der Waals surface area contributed by atoms with Crippen molar-refractivity contribution in [3.8, 4) is 11.5 Å². The molecule has 3 aromatic rings. The van der Waals surface area contributed by atoms with Crippen molar-refractivity contribution in [3.63, 3.8) is 0 Å². The summed E-state index contributed by atoms with van der Waals surface area (Å²) >= 11 is 1.01. The van der Waals surface area contributed by atoms with Gasteiger partial charge in [-0.05, 0) is 30.3 Å². The zero-order chi connectivity index (χ0) is 20.1. The van der Waals surface area contributed by atoms with Crippen molar-refractivity contribution in [2.45, 2.75) is 6.61 Å². The molecule has 0 spiro atoms. The number of nitrogens with one attached hydrogen (secondary N) is 1. The van der Waals surface area contributed by atoms with E-state index in [0.29, 0.717) is 16.7 Å². The Morgan fingerprint density at radius 1 is 1.18 bits per heavy atom. The maximum Gasteiger partial charge on any atom is 0.387 e. The molecule has 0 radical (unpaired) electrons. The second-order valence-electron chi connectivity index (χ2n) is 5.31. The number of benzene rings is 2. The lowest BCUT2D eigenvalue weighted by Crippen LogP contribution is -2.21. The van der Waals surface area contributed by atoms with Gasteiger partial charge in [0.2, 0.25) is 0 Å². The van der Waals surface area contributed by atoms with Crippen molar-refractivity contribution in [1.82, 2.24) is 8.75 Å². The van der Waals surface area contributed by atoms with Gasteiger partial charge in [-0.1, -0.05) is 6.07 Å². The maximum absolute atomic E-state index is 12.3. The largest absolute Gasteiger partial charge is 0.493 e. The Labute approximate surface area is 161 Å². The Morgan fingerprint density at radius 3 is 2.75 bits per heavy atom. The standard InChI is InChI=1S/C17H13F2N3O5S/c1-25-13-7-9(5-6-12(13)27-17(18)19)16(24)26-8-14(23)20-10-3-2-4-11-15(10)22-28-21-11/h2-7,17H,8H2,1H3,(H,20,23). The first-order valence-corrected chi connectivity index (χ1v) is 8.52. The molecular formula is C17H13F2N3O5S. The van der Waals surface area contributed by atoms with Crippen LogP contribution in [0, 0.1) is 0 Å². The second-order valence-corrected chi connectivity index (χ2v) is 5.83. The predicted molar refractivity (Wildman–Crippen MR) is 96.0 cm³/mol. The summed E-state index contributed by atoms with van der Waals surface area (Å²) in [5, 5.41) is 2.59. The lowest BCUT2D eigenvalue weighted by Gasteiger charge is -2.11. The molecule has 8 nitrogen and oxygen atoms in total. The number of amides is 1. The van der Waals surface area contributed by atoms with E-state index >= 15 is 0 Å². The number of methoxy groups -OCH3 is 1. The number of esters is 1. The lowest BCUT2D eigenvalue weighted by atomic mass is 10.2. The highest BCUT2D eigenvalue weighted by atomic mass is 32.1. The van der Waals surface area contributed by atoms with E-state index in [0.717, 1.165) is 17.8 Å². The van der Waals surface area contributed by atoms with Crippen LogP contribution in [0.1, 0.15) is 10.4 Å². The summed E-state index contributed by atoms with van der Waals surface area (Å²) in [6, 6.07) is 8.67. The number of aromatic nitrogens is 2. The summed E-state index contributed by atoms with van der Waals surface area (Å²) in [4.78, 5) is 24.2. The predicted octanol–water partition coefficient (Wildman–Crippen LogP) is 3.10. The van der Waals surface area contributed by atoms with Gasteiger partial charge in [0.1, 0.15) is 11.0 Å². The highest BCUT2D eigenvalue weighted by Crippen LogP contribution is 2.29. The number of carbonyl (C=O) groups excluding carboxylic acids is 2. The van der Waals surface area contributed by atoms with Gasteiger partial charge < -0.3 is 19.5 Å². The number of fused-ring (bicyclic) bond motifs is 1. The first kappa shape index (κ1) is 19.4. The van der Waals surface area contributed by atoms with Crippen LogP contribution in [0.3, 0.4) is 0 Å². The normalized spacial score (nSPS) is 10.7. The average Bonchev–Trinajstić information content (AvgIpc) is 3.16. The second kappa shape index (κ2) is 8.57. The van der Waals surface area contributed by atoms with Gasteiger partial charge in [0, 0.05) is 0 Å². The van der Waals surface area contributed by atoms with Crippen molar-refractivity contribution in [3.05, 3.63) is 42.0 Å². The average molecular weight is 409 g/mol. The van der Waals surface area contributed by atoms with Gasteiger partial charge in [-0.15, -0.1) is 0 Å². The van der Waals surface area contributed by atoms with Crippen LogP contribution in [0.15, 0.2) is 36.4 Å². The van der Waals surface area contributed by atoms with Gasteiger partial charge >= 0.3 is 12.6 Å². The monoisotopic (exact) mass is 409 g/mol. The van der Waals surface area contributed by atoms with Crippen LogP contribution in [0.2, 0.25) is 0 Å². The molecule has 28 heavy (non-hydrogen) atoms. The summed E-state index contributed by atoms with van der Waals surface area (Å²) < 4.78 is 47.0. The van der Waals surface area contributed by atoms with Crippen LogP contribution in [0.25, 0.3) is 11.0 Å². The lowest BCUT2D eigenvalue weighted by molar-refractivity contribution is -0.119. The summed E-state index contributed by atoms with van der Waals surface area (Å²) in [7, 11) is 1.24. The molecule has 0 bridgehead atoms. The fourth-order valence-corrected chi connectivity index (χ4v) is 2.85. The Kier molecular flexibility index (Phi) is 5.94. The molecule has 1 N–H and O–H groups in total. The number of anilines is 1. The summed E-state index contributed by atoms with van der Waals surface area (Å²) in [5.74, 6) is -1.69. The minimum absolute atomic E-state index is 0.0112. The number of alkyl halides is 2. The van der Waals surface area contributed by atoms with E-state index in [1.165, 1.54) is 19.2 Å². The van der Waals surface area contributed by atoms with Crippen LogP contribution in [0.5, 0.6) is 11.5 Å². The molecule has 1 heterocycles. The first-order chi connectivity index (χ1) is 13.5. The third kappa shape index (κ3) is 4.49. The summed E-state index contributed by atoms with van der Waals surface area (Å²) in [5.41, 5.74) is 1.63. The molecule has 0 saturated carbocycles. The van der Waals surface area contributed by atoms with Gasteiger partial charge in [-0.2, -0.15) is 17.5 Å². The van der Waals surface area contributed by atoms with Crippen LogP contribution in [0.4, 0.5) is 14.5 Å². The molecule has 1 amide bonds. The number of ether oxygens (including phenoxy) is 3. The molecule has 1 aromatic heterocycles. The van der Waals surface area contributed by atoms with E-state index < -0.39 is 25.1 Å². The number of hydrogen-bond acceptors (Lipinski definition) is 8. The zero-order valence-corrected chi connectivity index (χ0v) is 15.2. The van der Waals surface area contributed by atoms with E-state index in [1.807, 2.05) is 0 Å². The third-order valence-electron chi connectivity index (χ3n) is 3.51. The Morgan fingerprint density at radius 2 is 2.00 bits per heavy atom.